The Morgan fingerprint density at radius 2 is 2.00 bits per heavy atom. The monoisotopic (exact) mass is 518 g/mol. The third kappa shape index (κ3) is 7.33. The molecule has 3 rings (SSSR count). The Morgan fingerprint density at radius 3 is 2.61 bits per heavy atom. The number of ether oxygens (including phenoxy) is 1. The van der Waals surface area contributed by atoms with Crippen molar-refractivity contribution in [2.24, 2.45) is 11.8 Å². The van der Waals surface area contributed by atoms with Gasteiger partial charge in [0.25, 0.3) is 5.91 Å². The molecule has 3 atom stereocenters. The van der Waals surface area contributed by atoms with Crippen LogP contribution in [0.2, 0.25) is 0 Å². The number of aromatic amines is 1. The van der Waals surface area contributed by atoms with Gasteiger partial charge >= 0.3 is 0 Å². The van der Waals surface area contributed by atoms with Crippen LogP contribution in [-0.2, 0) is 19.4 Å². The molecule has 10 nitrogen and oxygen atoms in total. The molecule has 1 aliphatic rings. The number of aromatic nitrogens is 1. The van der Waals surface area contributed by atoms with E-state index >= 15 is 0 Å². The van der Waals surface area contributed by atoms with E-state index in [4.69, 9.17) is 4.74 Å². The molecule has 196 valence electrons. The van der Waals surface area contributed by atoms with E-state index in [1.807, 2.05) is 26.0 Å². The first-order valence-corrected chi connectivity index (χ1v) is 13.8. The lowest BCUT2D eigenvalue weighted by Gasteiger charge is -2.24. The minimum atomic E-state index is -3.43. The summed E-state index contributed by atoms with van der Waals surface area (Å²) in [6, 6.07) is 5.54. The largest absolute Gasteiger partial charge is 0.496 e. The summed E-state index contributed by atoms with van der Waals surface area (Å²) in [5.41, 5.74) is 1.01. The van der Waals surface area contributed by atoms with Gasteiger partial charge < -0.3 is 25.7 Å². The van der Waals surface area contributed by atoms with Crippen LogP contribution in [0.3, 0.4) is 0 Å². The minimum absolute atomic E-state index is 0.0921. The van der Waals surface area contributed by atoms with Crippen LogP contribution in [0, 0.1) is 11.8 Å². The number of nitrogens with one attached hydrogen (secondary N) is 4. The van der Waals surface area contributed by atoms with Gasteiger partial charge in [0.2, 0.25) is 11.8 Å². The van der Waals surface area contributed by atoms with E-state index in [0.717, 1.165) is 22.6 Å². The zero-order valence-electron chi connectivity index (χ0n) is 21.0. The van der Waals surface area contributed by atoms with Crippen molar-refractivity contribution in [1.29, 1.82) is 0 Å². The van der Waals surface area contributed by atoms with Crippen LogP contribution in [-0.4, -0.2) is 63.1 Å². The third-order valence-electron chi connectivity index (χ3n) is 6.00. The Kier molecular flexibility index (Phi) is 8.78. The Morgan fingerprint density at radius 1 is 1.25 bits per heavy atom. The van der Waals surface area contributed by atoms with E-state index in [9.17, 15) is 22.8 Å². The number of H-pyrrole nitrogens is 1. The zero-order chi connectivity index (χ0) is 26.5. The van der Waals surface area contributed by atoms with Crippen molar-refractivity contribution in [3.63, 3.8) is 0 Å². The molecular formula is C25H34N4O6S. The maximum Gasteiger partial charge on any atom is 0.268 e. The highest BCUT2D eigenvalue weighted by Crippen LogP contribution is 2.26. The average molecular weight is 519 g/mol. The minimum Gasteiger partial charge on any atom is -0.496 e. The van der Waals surface area contributed by atoms with Gasteiger partial charge in [0, 0.05) is 41.1 Å². The number of benzene rings is 1. The highest BCUT2D eigenvalue weighted by molar-refractivity contribution is 7.93. The summed E-state index contributed by atoms with van der Waals surface area (Å²) >= 11 is 0. The lowest BCUT2D eigenvalue weighted by molar-refractivity contribution is -0.125. The molecule has 1 aromatic heterocycles. The van der Waals surface area contributed by atoms with Crippen LogP contribution >= 0.6 is 0 Å². The molecule has 4 N–H and O–H groups in total. The fourth-order valence-electron chi connectivity index (χ4n) is 4.25. The second-order valence-corrected chi connectivity index (χ2v) is 11.5. The van der Waals surface area contributed by atoms with Crippen LogP contribution in [0.1, 0.15) is 43.6 Å². The number of carbonyl (C=O) groups excluding carboxylic acids is 3. The lowest BCUT2D eigenvalue weighted by atomic mass is 9.97. The smallest absolute Gasteiger partial charge is 0.268 e. The van der Waals surface area contributed by atoms with Gasteiger partial charge in [-0.3, -0.25) is 14.4 Å². The van der Waals surface area contributed by atoms with Gasteiger partial charge in [0.15, 0.2) is 9.84 Å². The van der Waals surface area contributed by atoms with Gasteiger partial charge in [-0.25, -0.2) is 8.42 Å². The van der Waals surface area contributed by atoms with E-state index in [2.05, 4.69) is 20.9 Å². The molecule has 1 fully saturated rings. The zero-order valence-corrected chi connectivity index (χ0v) is 21.8. The number of sulfone groups is 1. The maximum atomic E-state index is 13.3. The van der Waals surface area contributed by atoms with Gasteiger partial charge in [-0.05, 0) is 43.4 Å². The van der Waals surface area contributed by atoms with Gasteiger partial charge in [-0.15, -0.1) is 0 Å². The van der Waals surface area contributed by atoms with Gasteiger partial charge in [0.1, 0.15) is 17.5 Å². The molecule has 0 spiro atoms. The summed E-state index contributed by atoms with van der Waals surface area (Å²) in [7, 11) is -1.88. The fraction of sp³-hybridized carbons (Fsp3) is 0.480. The van der Waals surface area contributed by atoms with E-state index in [-0.39, 0.29) is 29.9 Å². The van der Waals surface area contributed by atoms with Gasteiger partial charge in [0.05, 0.1) is 7.11 Å². The Labute approximate surface area is 211 Å². The molecule has 0 bridgehead atoms. The number of hydrogen-bond acceptors (Lipinski definition) is 6. The predicted molar refractivity (Wildman–Crippen MR) is 137 cm³/mol. The highest BCUT2D eigenvalue weighted by atomic mass is 32.2. The molecule has 0 aliphatic carbocycles. The molecule has 3 unspecified atom stereocenters. The topological polar surface area (TPSA) is 146 Å². The second-order valence-electron chi connectivity index (χ2n) is 9.55. The van der Waals surface area contributed by atoms with E-state index in [1.165, 1.54) is 6.08 Å². The van der Waals surface area contributed by atoms with Crippen molar-refractivity contribution in [1.82, 2.24) is 20.9 Å². The number of carbonyl (C=O) groups is 3. The molecule has 1 saturated heterocycles. The van der Waals surface area contributed by atoms with Gasteiger partial charge in [-0.2, -0.15) is 0 Å². The van der Waals surface area contributed by atoms with Crippen LogP contribution in [0.4, 0.5) is 0 Å². The van der Waals surface area contributed by atoms with Crippen molar-refractivity contribution >= 4 is 38.5 Å². The standard InChI is InChI=1S/C25H34N4O6S/c1-15(2)12-20(29-25(32)21-14-18-19(28-21)6-5-7-22(18)35-3)24(31)27-17(9-11-36(4,33)34)13-16-8-10-26-23(16)30/h5-7,9,11,14-17,20,28H,8,10,12-13H2,1-4H3,(H,26,30)(H,27,31)(H,29,32)/b11-9+. The third-order valence-corrected chi connectivity index (χ3v) is 6.66. The molecule has 11 heteroatoms. The predicted octanol–water partition coefficient (Wildman–Crippen LogP) is 1.89. The first kappa shape index (κ1) is 27.3. The van der Waals surface area contributed by atoms with Crippen molar-refractivity contribution in [2.45, 2.75) is 45.2 Å². The summed E-state index contributed by atoms with van der Waals surface area (Å²) in [5.74, 6) is -0.646. The number of rotatable bonds is 11. The van der Waals surface area contributed by atoms with E-state index in [1.54, 1.807) is 19.2 Å². The number of methoxy groups -OCH3 is 1. The highest BCUT2D eigenvalue weighted by Gasteiger charge is 2.30. The Bertz CT molecular complexity index is 1250. The second kappa shape index (κ2) is 11.6. The number of hydrogen-bond donors (Lipinski definition) is 4. The van der Waals surface area contributed by atoms with Crippen LogP contribution in [0.15, 0.2) is 35.7 Å². The molecule has 2 aromatic rings. The van der Waals surface area contributed by atoms with E-state index < -0.39 is 33.7 Å². The summed E-state index contributed by atoms with van der Waals surface area (Å²) in [5, 5.41) is 10.1. The lowest BCUT2D eigenvalue weighted by Crippen LogP contribution is -2.50. The summed E-state index contributed by atoms with van der Waals surface area (Å²) in [6.07, 6.45) is 3.67. The average Bonchev–Trinajstić information content (AvgIpc) is 3.42. The number of amides is 3. The summed E-state index contributed by atoms with van der Waals surface area (Å²) in [4.78, 5) is 41.4. The Balaban J connectivity index is 1.78. The van der Waals surface area contributed by atoms with Crippen LogP contribution < -0.4 is 20.7 Å². The van der Waals surface area contributed by atoms with Crippen molar-refractivity contribution in [3.8, 4) is 5.75 Å². The first-order chi connectivity index (χ1) is 17.0. The fourth-order valence-corrected chi connectivity index (χ4v) is 4.72. The maximum absolute atomic E-state index is 13.3. The summed E-state index contributed by atoms with van der Waals surface area (Å²) < 4.78 is 28.7. The molecule has 1 aliphatic heterocycles. The van der Waals surface area contributed by atoms with Crippen LogP contribution in [0.5, 0.6) is 5.75 Å². The molecule has 0 saturated carbocycles. The Hall–Kier alpha value is -3.34. The van der Waals surface area contributed by atoms with Crippen molar-refractivity contribution in [3.05, 3.63) is 41.4 Å². The van der Waals surface area contributed by atoms with Crippen molar-refractivity contribution in [2.75, 3.05) is 19.9 Å². The van der Waals surface area contributed by atoms with Crippen LogP contribution in [0.25, 0.3) is 10.9 Å². The molecular weight excluding hydrogens is 484 g/mol. The molecule has 0 radical (unpaired) electrons. The molecule has 1 aromatic carbocycles. The quantitative estimate of drug-likeness (QED) is 0.357. The molecule has 2 heterocycles. The normalized spacial score (nSPS) is 17.8. The SMILES string of the molecule is COc1cccc2[nH]c(C(=O)NC(CC(C)C)C(=O)NC(/C=C/S(C)(=O)=O)CC3CCNC3=O)cc12. The summed E-state index contributed by atoms with van der Waals surface area (Å²) in [6.45, 7) is 4.41. The van der Waals surface area contributed by atoms with Crippen molar-refractivity contribution < 1.29 is 27.5 Å². The van der Waals surface area contributed by atoms with Gasteiger partial charge in [-0.1, -0.05) is 26.0 Å². The molecule has 3 amide bonds. The van der Waals surface area contributed by atoms with E-state index in [0.29, 0.717) is 25.1 Å². The molecule has 36 heavy (non-hydrogen) atoms. The first-order valence-electron chi connectivity index (χ1n) is 11.9. The number of fused-ring (bicyclic) bond motifs is 1.